The first-order valence-corrected chi connectivity index (χ1v) is 11.6. The van der Waals surface area contributed by atoms with Crippen LogP contribution in [0.2, 0.25) is 0 Å². The van der Waals surface area contributed by atoms with Crippen LogP contribution in [0.3, 0.4) is 0 Å². The lowest BCUT2D eigenvalue weighted by Gasteiger charge is -2.22. The number of rotatable bonds is 7. The Morgan fingerprint density at radius 1 is 1.21 bits per heavy atom. The fourth-order valence-electron chi connectivity index (χ4n) is 4.54. The molecule has 33 heavy (non-hydrogen) atoms. The minimum atomic E-state index is -0.502. The van der Waals surface area contributed by atoms with Gasteiger partial charge in [-0.3, -0.25) is 19.1 Å². The third-order valence-electron chi connectivity index (χ3n) is 6.44. The van der Waals surface area contributed by atoms with E-state index in [-0.39, 0.29) is 17.5 Å². The van der Waals surface area contributed by atoms with Crippen LogP contribution in [-0.4, -0.2) is 43.5 Å². The van der Waals surface area contributed by atoms with Gasteiger partial charge in [-0.15, -0.1) is 0 Å². The van der Waals surface area contributed by atoms with Crippen molar-refractivity contribution >= 4 is 5.91 Å². The zero-order valence-corrected chi connectivity index (χ0v) is 19.1. The van der Waals surface area contributed by atoms with Crippen molar-refractivity contribution in [3.8, 4) is 5.88 Å². The van der Waals surface area contributed by atoms with Gasteiger partial charge in [0.05, 0.1) is 6.04 Å². The quantitative estimate of drug-likeness (QED) is 0.594. The van der Waals surface area contributed by atoms with Crippen LogP contribution in [0.5, 0.6) is 5.88 Å². The topological polar surface area (TPSA) is 88.3 Å². The van der Waals surface area contributed by atoms with E-state index in [1.165, 1.54) is 5.56 Å². The molecule has 3 heterocycles. The van der Waals surface area contributed by atoms with Gasteiger partial charge in [-0.25, -0.2) is 0 Å². The van der Waals surface area contributed by atoms with Crippen molar-refractivity contribution in [1.29, 1.82) is 0 Å². The van der Waals surface area contributed by atoms with E-state index in [4.69, 9.17) is 0 Å². The lowest BCUT2D eigenvalue weighted by atomic mass is 9.99. The maximum absolute atomic E-state index is 13.6. The van der Waals surface area contributed by atoms with Crippen LogP contribution >= 0.6 is 0 Å². The lowest BCUT2D eigenvalue weighted by molar-refractivity contribution is 0.0783. The number of amides is 1. The van der Waals surface area contributed by atoms with Crippen LogP contribution in [-0.2, 0) is 6.42 Å². The van der Waals surface area contributed by atoms with Crippen LogP contribution < -0.4 is 5.56 Å². The van der Waals surface area contributed by atoms with E-state index >= 15 is 0 Å². The Hall–Kier alpha value is -3.48. The van der Waals surface area contributed by atoms with Gasteiger partial charge in [-0.05, 0) is 37.0 Å². The summed E-state index contributed by atoms with van der Waals surface area (Å²) in [4.78, 5) is 37.2. The van der Waals surface area contributed by atoms with Crippen molar-refractivity contribution in [2.45, 2.75) is 51.5 Å². The smallest absolute Gasteiger partial charge is 0.270 e. The first-order valence-electron chi connectivity index (χ1n) is 11.6. The second-order valence-electron chi connectivity index (χ2n) is 8.62. The Morgan fingerprint density at radius 3 is 2.70 bits per heavy atom. The van der Waals surface area contributed by atoms with E-state index < -0.39 is 17.3 Å². The predicted molar refractivity (Wildman–Crippen MR) is 127 cm³/mol. The summed E-state index contributed by atoms with van der Waals surface area (Å²) in [6, 6.07) is 13.4. The molecule has 1 amide bonds. The highest BCUT2D eigenvalue weighted by molar-refractivity contribution is 5.96. The molecule has 3 aromatic rings. The molecule has 0 aliphatic carbocycles. The molecule has 1 aliphatic heterocycles. The highest BCUT2D eigenvalue weighted by Gasteiger charge is 2.33. The van der Waals surface area contributed by atoms with Gasteiger partial charge in [0.1, 0.15) is 5.82 Å². The summed E-state index contributed by atoms with van der Waals surface area (Å²) in [7, 11) is 0. The molecule has 7 nitrogen and oxygen atoms in total. The summed E-state index contributed by atoms with van der Waals surface area (Å²) in [5.74, 6) is -0.243. The number of pyridine rings is 1. The van der Waals surface area contributed by atoms with Gasteiger partial charge in [0.2, 0.25) is 5.88 Å². The summed E-state index contributed by atoms with van der Waals surface area (Å²) in [6.07, 6.45) is 6.49. The van der Waals surface area contributed by atoms with Gasteiger partial charge in [0, 0.05) is 37.8 Å². The SMILES string of the molecule is CCCCc1nc(O)c(C(=O)N2CC[C@@H](c3ccccc3)C2)c(=O)n1C(C)c1cccnc1. The van der Waals surface area contributed by atoms with Crippen LogP contribution in [0.25, 0.3) is 0 Å². The number of hydrogen-bond donors (Lipinski definition) is 1. The van der Waals surface area contributed by atoms with Crippen LogP contribution in [0.15, 0.2) is 59.7 Å². The van der Waals surface area contributed by atoms with E-state index in [1.54, 1.807) is 21.9 Å². The molecule has 1 unspecified atom stereocenters. The Labute approximate surface area is 193 Å². The van der Waals surface area contributed by atoms with E-state index in [2.05, 4.69) is 29.0 Å². The highest BCUT2D eigenvalue weighted by Crippen LogP contribution is 2.29. The zero-order valence-electron chi connectivity index (χ0n) is 19.1. The molecular formula is C26H30N4O3. The molecule has 1 aromatic carbocycles. The monoisotopic (exact) mass is 446 g/mol. The van der Waals surface area contributed by atoms with Crippen molar-refractivity contribution in [3.05, 3.63) is 87.7 Å². The predicted octanol–water partition coefficient (Wildman–Crippen LogP) is 3.93. The van der Waals surface area contributed by atoms with Crippen molar-refractivity contribution in [1.82, 2.24) is 19.4 Å². The second kappa shape index (κ2) is 9.98. The molecule has 2 atom stereocenters. The van der Waals surface area contributed by atoms with E-state index in [1.807, 2.05) is 37.3 Å². The Bertz CT molecular complexity index is 1160. The van der Waals surface area contributed by atoms with Crippen LogP contribution in [0, 0.1) is 0 Å². The summed E-state index contributed by atoms with van der Waals surface area (Å²) >= 11 is 0. The van der Waals surface area contributed by atoms with E-state index in [0.29, 0.717) is 25.3 Å². The number of carbonyl (C=O) groups excluding carboxylic acids is 1. The molecule has 0 spiro atoms. The zero-order chi connectivity index (χ0) is 23.4. The summed E-state index contributed by atoms with van der Waals surface area (Å²) < 4.78 is 1.55. The minimum absolute atomic E-state index is 0.214. The maximum atomic E-state index is 13.6. The van der Waals surface area contributed by atoms with Crippen LogP contribution in [0.1, 0.15) is 72.4 Å². The molecule has 4 rings (SSSR count). The van der Waals surface area contributed by atoms with Gasteiger partial charge in [-0.1, -0.05) is 49.7 Å². The standard InChI is InChI=1S/C26H30N4O3/c1-3-4-12-22-28-24(31)23(26(33)30(22)18(2)20-11-8-14-27-16-20)25(32)29-15-13-21(17-29)19-9-6-5-7-10-19/h5-11,14,16,18,21,31H,3-4,12-13,15,17H2,1-2H3/t18?,21-/m1/s1. The molecule has 7 heteroatoms. The highest BCUT2D eigenvalue weighted by atomic mass is 16.3. The number of unbranched alkanes of at least 4 members (excludes halogenated alkanes) is 1. The number of likely N-dealkylation sites (tertiary alicyclic amines) is 1. The van der Waals surface area contributed by atoms with Gasteiger partial charge in [0.25, 0.3) is 11.5 Å². The van der Waals surface area contributed by atoms with Crippen molar-refractivity contribution in [2.75, 3.05) is 13.1 Å². The third kappa shape index (κ3) is 4.67. The largest absolute Gasteiger partial charge is 0.493 e. The lowest BCUT2D eigenvalue weighted by Crippen LogP contribution is -2.38. The number of aromatic nitrogens is 3. The fraction of sp³-hybridized carbons (Fsp3) is 0.385. The molecule has 172 valence electrons. The number of hydrogen-bond acceptors (Lipinski definition) is 5. The number of benzene rings is 1. The average molecular weight is 447 g/mol. The Balaban J connectivity index is 1.70. The Kier molecular flexibility index (Phi) is 6.87. The van der Waals surface area contributed by atoms with Gasteiger partial charge in [0.15, 0.2) is 5.56 Å². The molecule has 2 aromatic heterocycles. The van der Waals surface area contributed by atoms with Gasteiger partial charge in [-0.2, -0.15) is 4.98 Å². The molecule has 1 N–H and O–H groups in total. The molecule has 1 fully saturated rings. The van der Waals surface area contributed by atoms with Crippen molar-refractivity contribution < 1.29 is 9.90 Å². The molecule has 0 saturated carbocycles. The summed E-state index contributed by atoms with van der Waals surface area (Å²) in [6.45, 7) is 4.99. The first kappa shape index (κ1) is 22.7. The number of aromatic hydroxyl groups is 1. The second-order valence-corrected chi connectivity index (χ2v) is 8.62. The first-order chi connectivity index (χ1) is 16.0. The summed E-state index contributed by atoms with van der Waals surface area (Å²) in [5.41, 5.74) is 1.26. The summed E-state index contributed by atoms with van der Waals surface area (Å²) in [5, 5.41) is 10.7. The van der Waals surface area contributed by atoms with Crippen molar-refractivity contribution in [2.24, 2.45) is 0 Å². The fourth-order valence-corrected chi connectivity index (χ4v) is 4.54. The molecular weight excluding hydrogens is 416 g/mol. The van der Waals surface area contributed by atoms with E-state index in [9.17, 15) is 14.7 Å². The van der Waals surface area contributed by atoms with Crippen molar-refractivity contribution in [3.63, 3.8) is 0 Å². The maximum Gasteiger partial charge on any atom is 0.270 e. The number of nitrogens with zero attached hydrogens (tertiary/aromatic N) is 4. The van der Waals surface area contributed by atoms with Gasteiger partial charge >= 0.3 is 0 Å². The third-order valence-corrected chi connectivity index (χ3v) is 6.44. The normalized spacial score (nSPS) is 16.7. The number of carbonyl (C=O) groups is 1. The van der Waals surface area contributed by atoms with Gasteiger partial charge < -0.3 is 10.0 Å². The minimum Gasteiger partial charge on any atom is -0.493 e. The molecule has 0 radical (unpaired) electrons. The molecule has 1 saturated heterocycles. The van der Waals surface area contributed by atoms with Crippen LogP contribution in [0.4, 0.5) is 0 Å². The molecule has 1 aliphatic rings. The van der Waals surface area contributed by atoms with E-state index in [0.717, 1.165) is 24.8 Å². The number of aryl methyl sites for hydroxylation is 1. The Morgan fingerprint density at radius 2 is 2.00 bits per heavy atom. The average Bonchev–Trinajstić information content (AvgIpc) is 3.34. The molecule has 0 bridgehead atoms.